The summed E-state index contributed by atoms with van der Waals surface area (Å²) in [5.74, 6) is 0.131. The maximum atomic E-state index is 13.5. The third-order valence-electron chi connectivity index (χ3n) is 5.93. The Bertz CT molecular complexity index is 1240. The van der Waals surface area contributed by atoms with Gasteiger partial charge in [-0.2, -0.15) is 0 Å². The van der Waals surface area contributed by atoms with Gasteiger partial charge in [-0.1, -0.05) is 30.3 Å². The zero-order valence-corrected chi connectivity index (χ0v) is 18.0. The molecule has 1 amide bonds. The number of hydrogen-bond acceptors (Lipinski definition) is 5. The molecule has 0 saturated carbocycles. The molecule has 4 aromatic rings. The first-order chi connectivity index (χ1) is 16.2. The molecule has 1 saturated heterocycles. The lowest BCUT2D eigenvalue weighted by Crippen LogP contribution is -2.43. The Morgan fingerprint density at radius 2 is 1.85 bits per heavy atom. The van der Waals surface area contributed by atoms with Crippen LogP contribution in [0.4, 0.5) is 4.39 Å². The van der Waals surface area contributed by atoms with Crippen LogP contribution in [0.25, 0.3) is 22.4 Å². The van der Waals surface area contributed by atoms with Gasteiger partial charge < -0.3 is 14.5 Å². The van der Waals surface area contributed by atoms with E-state index < -0.39 is 0 Å². The maximum absolute atomic E-state index is 13.5. The van der Waals surface area contributed by atoms with Crippen molar-refractivity contribution >= 4 is 16.8 Å². The molecule has 1 aliphatic heterocycles. The minimum atomic E-state index is -0.280. The molecule has 1 atom stereocenters. The molecule has 33 heavy (non-hydrogen) atoms. The number of pyridine rings is 1. The van der Waals surface area contributed by atoms with Gasteiger partial charge in [0, 0.05) is 25.0 Å². The van der Waals surface area contributed by atoms with Crippen molar-refractivity contribution in [1.29, 1.82) is 0 Å². The first kappa shape index (κ1) is 21.3. The minimum absolute atomic E-state index is 0.0869. The van der Waals surface area contributed by atoms with Crippen molar-refractivity contribution in [3.05, 3.63) is 89.9 Å². The molecule has 168 valence electrons. The summed E-state index contributed by atoms with van der Waals surface area (Å²) >= 11 is 0. The van der Waals surface area contributed by atoms with Crippen LogP contribution in [0.15, 0.2) is 77.4 Å². The van der Waals surface area contributed by atoms with E-state index in [4.69, 9.17) is 9.15 Å². The summed E-state index contributed by atoms with van der Waals surface area (Å²) in [5, 5.41) is 3.87. The Morgan fingerprint density at radius 1 is 1.06 bits per heavy atom. The highest BCUT2D eigenvalue weighted by Crippen LogP contribution is 2.26. The number of aromatic nitrogens is 1. The lowest BCUT2D eigenvalue weighted by molar-refractivity contribution is 0.0162. The van der Waals surface area contributed by atoms with Crippen molar-refractivity contribution in [2.75, 3.05) is 32.8 Å². The Hall–Kier alpha value is -3.55. The molecular weight excluding hydrogens is 421 g/mol. The molecule has 0 unspecified atom stereocenters. The van der Waals surface area contributed by atoms with Gasteiger partial charge in [0.2, 0.25) is 0 Å². The van der Waals surface area contributed by atoms with Crippen LogP contribution in [0.1, 0.15) is 22.0 Å². The maximum Gasteiger partial charge on any atom is 0.252 e. The van der Waals surface area contributed by atoms with Crippen LogP contribution in [0.5, 0.6) is 0 Å². The quantitative estimate of drug-likeness (QED) is 0.475. The number of halogens is 1. The summed E-state index contributed by atoms with van der Waals surface area (Å²) in [5.41, 5.74) is 2.81. The number of hydrogen-bond donors (Lipinski definition) is 1. The van der Waals surface area contributed by atoms with Gasteiger partial charge in [-0.25, -0.2) is 9.37 Å². The summed E-state index contributed by atoms with van der Waals surface area (Å²) < 4.78 is 24.5. The molecule has 2 aromatic heterocycles. The molecule has 5 rings (SSSR count). The van der Waals surface area contributed by atoms with Crippen molar-refractivity contribution in [2.24, 2.45) is 0 Å². The van der Waals surface area contributed by atoms with Crippen LogP contribution in [0, 0.1) is 5.82 Å². The predicted octanol–water partition coefficient (Wildman–Crippen LogP) is 4.44. The van der Waals surface area contributed by atoms with Gasteiger partial charge in [0.1, 0.15) is 11.5 Å². The molecule has 7 heteroatoms. The van der Waals surface area contributed by atoms with Crippen LogP contribution in [0.3, 0.4) is 0 Å². The Morgan fingerprint density at radius 3 is 2.61 bits per heavy atom. The van der Waals surface area contributed by atoms with Gasteiger partial charge in [-0.3, -0.25) is 9.69 Å². The Balaban J connectivity index is 1.43. The average Bonchev–Trinajstić information content (AvgIpc) is 3.40. The van der Waals surface area contributed by atoms with Gasteiger partial charge in [0.15, 0.2) is 5.76 Å². The second-order valence-electron chi connectivity index (χ2n) is 7.98. The normalized spacial score (nSPS) is 15.4. The van der Waals surface area contributed by atoms with E-state index in [9.17, 15) is 9.18 Å². The minimum Gasteiger partial charge on any atom is -0.463 e. The summed E-state index contributed by atoms with van der Waals surface area (Å²) in [6.07, 6.45) is 1.58. The van der Waals surface area contributed by atoms with E-state index in [1.54, 1.807) is 30.5 Å². The smallest absolute Gasteiger partial charge is 0.252 e. The number of carbonyl (C=O) groups excluding carboxylic acids is 1. The number of ether oxygens (including phenoxy) is 1. The van der Waals surface area contributed by atoms with Gasteiger partial charge in [-0.05, 0) is 42.0 Å². The average molecular weight is 445 g/mol. The van der Waals surface area contributed by atoms with E-state index in [1.165, 1.54) is 12.1 Å². The van der Waals surface area contributed by atoms with Gasteiger partial charge in [0.05, 0.1) is 36.6 Å². The molecule has 0 bridgehead atoms. The highest BCUT2D eigenvalue weighted by molar-refractivity contribution is 6.07. The Labute approximate surface area is 191 Å². The van der Waals surface area contributed by atoms with Crippen molar-refractivity contribution in [3.63, 3.8) is 0 Å². The molecule has 1 aliphatic rings. The van der Waals surface area contributed by atoms with Crippen molar-refractivity contribution in [2.45, 2.75) is 6.04 Å². The fourth-order valence-corrected chi connectivity index (χ4v) is 4.23. The van der Waals surface area contributed by atoms with Gasteiger partial charge >= 0.3 is 0 Å². The monoisotopic (exact) mass is 445 g/mol. The standard InChI is InChI=1S/C26H24FN3O3/c27-19-9-7-18(8-10-19)24(30-11-14-32-15-12-30)17-28-26(31)21-16-23(25-6-3-13-33-25)29-22-5-2-1-4-20(21)22/h1-10,13,16,24H,11-12,14-15,17H2,(H,28,31)/t24-/m0/s1. The van der Waals surface area contributed by atoms with Crippen LogP contribution >= 0.6 is 0 Å². The lowest BCUT2D eigenvalue weighted by Gasteiger charge is -2.35. The molecule has 0 radical (unpaired) electrons. The van der Waals surface area contributed by atoms with E-state index in [0.717, 1.165) is 29.6 Å². The van der Waals surface area contributed by atoms with Gasteiger partial charge in [-0.15, -0.1) is 0 Å². The molecule has 3 heterocycles. The number of nitrogens with one attached hydrogen (secondary N) is 1. The number of para-hydroxylation sites is 1. The molecule has 2 aromatic carbocycles. The number of rotatable bonds is 6. The van der Waals surface area contributed by atoms with Gasteiger partial charge in [0.25, 0.3) is 5.91 Å². The first-order valence-corrected chi connectivity index (χ1v) is 11.0. The van der Waals surface area contributed by atoms with Crippen LogP contribution < -0.4 is 5.32 Å². The van der Waals surface area contributed by atoms with Crippen molar-refractivity contribution in [3.8, 4) is 11.5 Å². The van der Waals surface area contributed by atoms with E-state index in [-0.39, 0.29) is 17.8 Å². The first-order valence-electron chi connectivity index (χ1n) is 11.0. The van der Waals surface area contributed by atoms with E-state index in [1.807, 2.05) is 30.3 Å². The van der Waals surface area contributed by atoms with E-state index in [2.05, 4.69) is 15.2 Å². The van der Waals surface area contributed by atoms with E-state index >= 15 is 0 Å². The van der Waals surface area contributed by atoms with E-state index in [0.29, 0.717) is 36.8 Å². The molecule has 0 spiro atoms. The second kappa shape index (κ2) is 9.52. The zero-order valence-electron chi connectivity index (χ0n) is 18.0. The number of benzene rings is 2. The fourth-order valence-electron chi connectivity index (χ4n) is 4.23. The third-order valence-corrected chi connectivity index (χ3v) is 5.93. The fraction of sp³-hybridized carbons (Fsp3) is 0.231. The molecule has 0 aliphatic carbocycles. The molecule has 1 fully saturated rings. The van der Waals surface area contributed by atoms with Crippen molar-refractivity contribution < 1.29 is 18.3 Å². The number of nitrogens with zero attached hydrogens (tertiary/aromatic N) is 2. The topological polar surface area (TPSA) is 67.6 Å². The predicted molar refractivity (Wildman–Crippen MR) is 123 cm³/mol. The highest BCUT2D eigenvalue weighted by atomic mass is 19.1. The summed E-state index contributed by atoms with van der Waals surface area (Å²) in [7, 11) is 0. The number of amides is 1. The number of carbonyl (C=O) groups is 1. The zero-order chi connectivity index (χ0) is 22.6. The number of morpholine rings is 1. The third kappa shape index (κ3) is 4.65. The lowest BCUT2D eigenvalue weighted by atomic mass is 10.0. The second-order valence-corrected chi connectivity index (χ2v) is 7.98. The summed E-state index contributed by atoms with van der Waals surface area (Å²) in [4.78, 5) is 20.3. The SMILES string of the molecule is O=C(NC[C@@H](c1ccc(F)cc1)N1CCOCC1)c1cc(-c2ccco2)nc2ccccc12. The van der Waals surface area contributed by atoms with Crippen molar-refractivity contribution in [1.82, 2.24) is 15.2 Å². The Kier molecular flexibility index (Phi) is 6.15. The number of furan rings is 1. The molecular formula is C26H24FN3O3. The molecule has 6 nitrogen and oxygen atoms in total. The summed E-state index contributed by atoms with van der Waals surface area (Å²) in [6, 6.07) is 19.3. The molecule has 1 N–H and O–H groups in total. The van der Waals surface area contributed by atoms with Crippen LogP contribution in [-0.2, 0) is 4.74 Å². The largest absolute Gasteiger partial charge is 0.463 e. The summed E-state index contributed by atoms with van der Waals surface area (Å²) in [6.45, 7) is 3.15. The van der Waals surface area contributed by atoms with Crippen LogP contribution in [0.2, 0.25) is 0 Å². The van der Waals surface area contributed by atoms with Crippen LogP contribution in [-0.4, -0.2) is 48.6 Å². The number of fused-ring (bicyclic) bond motifs is 1. The highest BCUT2D eigenvalue weighted by Gasteiger charge is 2.24.